The topological polar surface area (TPSA) is 42.0 Å². The first-order chi connectivity index (χ1) is 8.60. The molecule has 94 valence electrons. The van der Waals surface area contributed by atoms with Crippen LogP contribution in [0.15, 0.2) is 24.4 Å². The fourth-order valence-corrected chi connectivity index (χ4v) is 2.25. The van der Waals surface area contributed by atoms with E-state index in [4.69, 9.17) is 0 Å². The van der Waals surface area contributed by atoms with E-state index in [1.807, 2.05) is 13.8 Å². The van der Waals surface area contributed by atoms with Gasteiger partial charge < -0.3 is 5.32 Å². The van der Waals surface area contributed by atoms with Crippen molar-refractivity contribution in [3.8, 4) is 0 Å². The number of hydrogen-bond acceptors (Lipinski definition) is 3. The van der Waals surface area contributed by atoms with Gasteiger partial charge in [-0.1, -0.05) is 13.0 Å². The smallest absolute Gasteiger partial charge is 0.267 e. The van der Waals surface area contributed by atoms with E-state index < -0.39 is 5.82 Å². The Bertz CT molecular complexity index is 580. The maximum Gasteiger partial charge on any atom is 0.267 e. The Hall–Kier alpha value is -1.75. The first-order valence-electron chi connectivity index (χ1n) is 5.62. The van der Waals surface area contributed by atoms with Crippen LogP contribution in [0.3, 0.4) is 0 Å². The highest BCUT2D eigenvalue weighted by atomic mass is 32.1. The van der Waals surface area contributed by atoms with Crippen LogP contribution in [-0.4, -0.2) is 10.9 Å². The van der Waals surface area contributed by atoms with Gasteiger partial charge in [0.15, 0.2) is 0 Å². The Balaban J connectivity index is 2.18. The first kappa shape index (κ1) is 12.7. The van der Waals surface area contributed by atoms with Gasteiger partial charge in [0.2, 0.25) is 0 Å². The summed E-state index contributed by atoms with van der Waals surface area (Å²) in [5.41, 5.74) is 1.09. The molecule has 0 spiro atoms. The lowest BCUT2D eigenvalue weighted by Crippen LogP contribution is -2.11. The number of nitrogens with zero attached hydrogens (tertiary/aromatic N) is 1. The SMILES string of the molecule is CCc1ncc(C(=O)Nc2cc(C)ccc2F)s1. The molecule has 1 amide bonds. The molecule has 5 heteroatoms. The molecule has 1 aromatic carbocycles. The highest BCUT2D eigenvalue weighted by molar-refractivity contribution is 7.13. The third kappa shape index (κ3) is 2.73. The Morgan fingerprint density at radius 1 is 1.50 bits per heavy atom. The van der Waals surface area contributed by atoms with E-state index in [-0.39, 0.29) is 11.6 Å². The van der Waals surface area contributed by atoms with Crippen LogP contribution in [0.1, 0.15) is 27.2 Å². The second-order valence-electron chi connectivity index (χ2n) is 3.91. The van der Waals surface area contributed by atoms with Crippen molar-refractivity contribution in [2.75, 3.05) is 5.32 Å². The number of rotatable bonds is 3. The van der Waals surface area contributed by atoms with Crippen LogP contribution in [0.4, 0.5) is 10.1 Å². The second kappa shape index (κ2) is 5.27. The Morgan fingerprint density at radius 3 is 2.94 bits per heavy atom. The van der Waals surface area contributed by atoms with Gasteiger partial charge in [-0.15, -0.1) is 11.3 Å². The first-order valence-corrected chi connectivity index (χ1v) is 6.44. The maximum atomic E-state index is 13.5. The number of carbonyl (C=O) groups is 1. The fourth-order valence-electron chi connectivity index (χ4n) is 1.50. The van der Waals surface area contributed by atoms with Crippen LogP contribution in [0, 0.1) is 12.7 Å². The van der Waals surface area contributed by atoms with Crippen molar-refractivity contribution in [2.24, 2.45) is 0 Å². The van der Waals surface area contributed by atoms with E-state index in [0.717, 1.165) is 17.0 Å². The average Bonchev–Trinajstić information content (AvgIpc) is 2.82. The van der Waals surface area contributed by atoms with Crippen molar-refractivity contribution in [2.45, 2.75) is 20.3 Å². The lowest BCUT2D eigenvalue weighted by atomic mass is 10.2. The number of benzene rings is 1. The third-order valence-electron chi connectivity index (χ3n) is 2.45. The number of aryl methyl sites for hydroxylation is 2. The molecule has 18 heavy (non-hydrogen) atoms. The molecule has 0 aliphatic rings. The molecule has 0 radical (unpaired) electrons. The average molecular weight is 264 g/mol. The second-order valence-corrected chi connectivity index (χ2v) is 5.02. The van der Waals surface area contributed by atoms with Crippen molar-refractivity contribution >= 4 is 22.9 Å². The Labute approximate surface area is 109 Å². The van der Waals surface area contributed by atoms with E-state index in [0.29, 0.717) is 4.88 Å². The van der Waals surface area contributed by atoms with Crippen molar-refractivity contribution in [1.82, 2.24) is 4.98 Å². The van der Waals surface area contributed by atoms with Crippen LogP contribution in [0.25, 0.3) is 0 Å². The van der Waals surface area contributed by atoms with E-state index in [9.17, 15) is 9.18 Å². The third-order valence-corrected chi connectivity index (χ3v) is 3.59. The van der Waals surface area contributed by atoms with Gasteiger partial charge in [-0.2, -0.15) is 0 Å². The van der Waals surface area contributed by atoms with Gasteiger partial charge in [0.25, 0.3) is 5.91 Å². The minimum atomic E-state index is -0.436. The normalized spacial score (nSPS) is 10.4. The zero-order chi connectivity index (χ0) is 13.1. The van der Waals surface area contributed by atoms with Crippen LogP contribution >= 0.6 is 11.3 Å². The van der Waals surface area contributed by atoms with Crippen molar-refractivity contribution in [3.63, 3.8) is 0 Å². The summed E-state index contributed by atoms with van der Waals surface area (Å²) in [7, 11) is 0. The van der Waals surface area contributed by atoms with Crippen molar-refractivity contribution in [3.05, 3.63) is 45.7 Å². The summed E-state index contributed by atoms with van der Waals surface area (Å²) in [6.07, 6.45) is 2.31. The fraction of sp³-hybridized carbons (Fsp3) is 0.231. The van der Waals surface area contributed by atoms with Crippen LogP contribution < -0.4 is 5.32 Å². The standard InChI is InChI=1S/C13H13FN2OS/c1-3-12-15-7-11(18-12)13(17)16-10-6-8(2)4-5-9(10)14/h4-7H,3H2,1-2H3,(H,16,17). The molecule has 1 aromatic heterocycles. The quantitative estimate of drug-likeness (QED) is 0.923. The number of amides is 1. The molecule has 0 saturated heterocycles. The number of hydrogen-bond donors (Lipinski definition) is 1. The molecule has 3 nitrogen and oxygen atoms in total. The van der Waals surface area contributed by atoms with E-state index in [1.165, 1.54) is 23.6 Å². The summed E-state index contributed by atoms with van der Waals surface area (Å²) in [6, 6.07) is 4.61. The number of halogens is 1. The van der Waals surface area contributed by atoms with Crippen LogP contribution in [0.2, 0.25) is 0 Å². The molecule has 2 aromatic rings. The number of thiazole rings is 1. The maximum absolute atomic E-state index is 13.5. The zero-order valence-corrected chi connectivity index (χ0v) is 11.0. The van der Waals surface area contributed by atoms with E-state index >= 15 is 0 Å². The summed E-state index contributed by atoms with van der Waals surface area (Å²) in [5.74, 6) is -0.758. The number of carbonyl (C=O) groups excluding carboxylic acids is 1. The molecule has 0 saturated carbocycles. The summed E-state index contributed by atoms with van der Waals surface area (Å²) in [5, 5.41) is 3.45. The lowest BCUT2D eigenvalue weighted by Gasteiger charge is -2.05. The predicted molar refractivity (Wildman–Crippen MR) is 70.6 cm³/mol. The summed E-state index contributed by atoms with van der Waals surface area (Å²) in [6.45, 7) is 3.82. The molecular weight excluding hydrogens is 251 g/mol. The summed E-state index contributed by atoms with van der Waals surface area (Å²) >= 11 is 1.32. The monoisotopic (exact) mass is 264 g/mol. The van der Waals surface area contributed by atoms with Gasteiger partial charge in [0.05, 0.1) is 16.9 Å². The number of aromatic nitrogens is 1. The molecule has 1 heterocycles. The molecule has 0 unspecified atom stereocenters. The highest BCUT2D eigenvalue weighted by Crippen LogP contribution is 2.19. The van der Waals surface area contributed by atoms with Crippen LogP contribution in [-0.2, 0) is 6.42 Å². The lowest BCUT2D eigenvalue weighted by molar-refractivity contribution is 0.103. The van der Waals surface area contributed by atoms with Gasteiger partial charge in [0.1, 0.15) is 10.7 Å². The molecule has 0 bridgehead atoms. The summed E-state index contributed by atoms with van der Waals surface area (Å²) < 4.78 is 13.5. The molecule has 0 fully saturated rings. The summed E-state index contributed by atoms with van der Waals surface area (Å²) in [4.78, 5) is 16.5. The molecule has 1 N–H and O–H groups in total. The van der Waals surface area contributed by atoms with Crippen LogP contribution in [0.5, 0.6) is 0 Å². The molecule has 0 atom stereocenters. The van der Waals surface area contributed by atoms with E-state index in [1.54, 1.807) is 12.1 Å². The number of nitrogens with one attached hydrogen (secondary N) is 1. The van der Waals surface area contributed by atoms with Crippen molar-refractivity contribution in [1.29, 1.82) is 0 Å². The predicted octanol–water partition coefficient (Wildman–Crippen LogP) is 3.41. The largest absolute Gasteiger partial charge is 0.319 e. The Morgan fingerprint density at radius 2 is 2.28 bits per heavy atom. The minimum Gasteiger partial charge on any atom is -0.319 e. The molecule has 0 aliphatic heterocycles. The van der Waals surface area contributed by atoms with E-state index in [2.05, 4.69) is 10.3 Å². The van der Waals surface area contributed by atoms with Gasteiger partial charge in [-0.05, 0) is 31.0 Å². The highest BCUT2D eigenvalue weighted by Gasteiger charge is 2.12. The van der Waals surface area contributed by atoms with Gasteiger partial charge >= 0.3 is 0 Å². The molecular formula is C13H13FN2OS. The minimum absolute atomic E-state index is 0.200. The van der Waals surface area contributed by atoms with Gasteiger partial charge in [-0.25, -0.2) is 9.37 Å². The molecule has 0 aliphatic carbocycles. The Kier molecular flexibility index (Phi) is 3.72. The number of anilines is 1. The van der Waals surface area contributed by atoms with Crippen molar-refractivity contribution < 1.29 is 9.18 Å². The van der Waals surface area contributed by atoms with Gasteiger partial charge in [-0.3, -0.25) is 4.79 Å². The molecule has 2 rings (SSSR count). The zero-order valence-electron chi connectivity index (χ0n) is 10.2. The van der Waals surface area contributed by atoms with Gasteiger partial charge in [0, 0.05) is 0 Å².